The third-order valence-electron chi connectivity index (χ3n) is 1.95. The first-order valence-corrected chi connectivity index (χ1v) is 5.63. The third kappa shape index (κ3) is 4.83. The zero-order valence-corrected chi connectivity index (χ0v) is 12.5. The molecule has 0 saturated carbocycles. The molecule has 0 fully saturated rings. The average molecular weight is 339 g/mol. The number of halogens is 1. The fourth-order valence-electron chi connectivity index (χ4n) is 1.14. The third-order valence-corrected chi connectivity index (χ3v) is 2.98. The summed E-state index contributed by atoms with van der Waals surface area (Å²) >= 11 is 1.77. The van der Waals surface area contributed by atoms with E-state index in [0.29, 0.717) is 0 Å². The van der Waals surface area contributed by atoms with Crippen molar-refractivity contribution in [3.05, 3.63) is 21.9 Å². The van der Waals surface area contributed by atoms with Crippen LogP contribution >= 0.6 is 35.3 Å². The molecule has 3 nitrogen and oxygen atoms in total. The molecule has 1 heterocycles. The number of nitrogens with zero attached hydrogens (tertiary/aromatic N) is 1. The average Bonchev–Trinajstić information content (AvgIpc) is 2.59. The van der Waals surface area contributed by atoms with Crippen molar-refractivity contribution in [1.82, 2.24) is 10.6 Å². The molecule has 86 valence electrons. The lowest BCUT2D eigenvalue weighted by Crippen LogP contribution is -2.36. The van der Waals surface area contributed by atoms with E-state index in [1.165, 1.54) is 10.4 Å². The Morgan fingerprint density at radius 3 is 2.67 bits per heavy atom. The number of aryl methyl sites for hydroxylation is 1. The molecule has 0 radical (unpaired) electrons. The lowest BCUT2D eigenvalue weighted by atomic mass is 10.3. The molecule has 0 aromatic carbocycles. The molecule has 0 bridgehead atoms. The highest BCUT2D eigenvalue weighted by Gasteiger charge is 2.00. The van der Waals surface area contributed by atoms with Crippen LogP contribution in [0.1, 0.15) is 17.4 Å². The van der Waals surface area contributed by atoms with Crippen molar-refractivity contribution < 1.29 is 0 Å². The summed E-state index contributed by atoms with van der Waals surface area (Å²) < 4.78 is 0. The van der Waals surface area contributed by atoms with Gasteiger partial charge in [-0.1, -0.05) is 0 Å². The summed E-state index contributed by atoms with van der Waals surface area (Å²) in [7, 11) is 1.78. The summed E-state index contributed by atoms with van der Waals surface area (Å²) in [6.45, 7) is 5.93. The fraction of sp³-hybridized carbons (Fsp3) is 0.500. The van der Waals surface area contributed by atoms with Gasteiger partial charge in [0.05, 0.1) is 6.54 Å². The number of nitrogens with one attached hydrogen (secondary N) is 2. The SMILES string of the molecule is CCNC(=NC)NCc1sccc1C.I. The molecule has 15 heavy (non-hydrogen) atoms. The topological polar surface area (TPSA) is 36.4 Å². The molecule has 1 aromatic rings. The molecular weight excluding hydrogens is 321 g/mol. The summed E-state index contributed by atoms with van der Waals surface area (Å²) in [5.74, 6) is 0.861. The highest BCUT2D eigenvalue weighted by atomic mass is 127. The van der Waals surface area contributed by atoms with Crippen LogP contribution in [0.2, 0.25) is 0 Å². The number of thiophene rings is 1. The highest BCUT2D eigenvalue weighted by molar-refractivity contribution is 14.0. The van der Waals surface area contributed by atoms with E-state index in [9.17, 15) is 0 Å². The predicted molar refractivity (Wildman–Crippen MR) is 78.3 cm³/mol. The predicted octanol–water partition coefficient (Wildman–Crippen LogP) is 2.36. The van der Waals surface area contributed by atoms with Crippen LogP contribution < -0.4 is 10.6 Å². The van der Waals surface area contributed by atoms with E-state index in [1.54, 1.807) is 18.4 Å². The Balaban J connectivity index is 0.00000196. The number of guanidine groups is 1. The number of hydrogen-bond donors (Lipinski definition) is 2. The molecule has 5 heteroatoms. The molecular formula is C10H18IN3S. The molecule has 0 spiro atoms. The van der Waals surface area contributed by atoms with E-state index >= 15 is 0 Å². The van der Waals surface area contributed by atoms with Crippen molar-refractivity contribution in [1.29, 1.82) is 0 Å². The summed E-state index contributed by atoms with van der Waals surface area (Å²) in [4.78, 5) is 5.47. The molecule has 0 atom stereocenters. The van der Waals surface area contributed by atoms with Crippen molar-refractivity contribution in [3.63, 3.8) is 0 Å². The molecule has 1 rings (SSSR count). The first-order chi connectivity index (χ1) is 6.77. The second-order valence-electron chi connectivity index (χ2n) is 2.98. The fourth-order valence-corrected chi connectivity index (χ4v) is 1.98. The minimum Gasteiger partial charge on any atom is -0.357 e. The van der Waals surface area contributed by atoms with E-state index in [0.717, 1.165) is 19.0 Å². The minimum atomic E-state index is 0. The van der Waals surface area contributed by atoms with Gasteiger partial charge in [0.15, 0.2) is 5.96 Å². The quantitative estimate of drug-likeness (QED) is 0.504. The largest absolute Gasteiger partial charge is 0.357 e. The standard InChI is InChI=1S/C10H17N3S.HI/c1-4-12-10(11-3)13-7-9-8(2)5-6-14-9;/h5-6H,4,7H2,1-3H3,(H2,11,12,13);1H. The van der Waals surface area contributed by atoms with Crippen LogP contribution in [0.5, 0.6) is 0 Å². The van der Waals surface area contributed by atoms with Crippen molar-refractivity contribution in [2.45, 2.75) is 20.4 Å². The van der Waals surface area contributed by atoms with E-state index in [-0.39, 0.29) is 24.0 Å². The highest BCUT2D eigenvalue weighted by Crippen LogP contribution is 2.14. The van der Waals surface area contributed by atoms with Crippen LogP contribution in [0.3, 0.4) is 0 Å². The normalized spacial score (nSPS) is 10.7. The summed E-state index contributed by atoms with van der Waals surface area (Å²) in [6.07, 6.45) is 0. The van der Waals surface area contributed by atoms with Crippen molar-refractivity contribution in [2.75, 3.05) is 13.6 Å². The Hall–Kier alpha value is -0.300. The van der Waals surface area contributed by atoms with Gasteiger partial charge >= 0.3 is 0 Å². The Labute approximate surface area is 112 Å². The smallest absolute Gasteiger partial charge is 0.191 e. The van der Waals surface area contributed by atoms with Gasteiger partial charge in [-0.05, 0) is 30.9 Å². The van der Waals surface area contributed by atoms with Gasteiger partial charge in [-0.3, -0.25) is 4.99 Å². The van der Waals surface area contributed by atoms with Gasteiger partial charge in [-0.25, -0.2) is 0 Å². The number of aliphatic imine (C=N–C) groups is 1. The van der Waals surface area contributed by atoms with E-state index in [4.69, 9.17) is 0 Å². The van der Waals surface area contributed by atoms with Gasteiger partial charge in [0.25, 0.3) is 0 Å². The molecule has 0 amide bonds. The second-order valence-corrected chi connectivity index (χ2v) is 3.98. The van der Waals surface area contributed by atoms with E-state index in [1.807, 2.05) is 0 Å². The Morgan fingerprint density at radius 1 is 1.47 bits per heavy atom. The summed E-state index contributed by atoms with van der Waals surface area (Å²) in [5.41, 5.74) is 1.34. The minimum absolute atomic E-state index is 0. The van der Waals surface area contributed by atoms with Crippen molar-refractivity contribution in [2.24, 2.45) is 4.99 Å². The van der Waals surface area contributed by atoms with Crippen LogP contribution in [0.4, 0.5) is 0 Å². The molecule has 0 unspecified atom stereocenters. The van der Waals surface area contributed by atoms with Gasteiger partial charge < -0.3 is 10.6 Å². The van der Waals surface area contributed by atoms with Gasteiger partial charge in [-0.2, -0.15) is 0 Å². The second kappa shape index (κ2) is 7.92. The molecule has 0 aliphatic heterocycles. The molecule has 2 N–H and O–H groups in total. The van der Waals surface area contributed by atoms with Crippen LogP contribution in [-0.2, 0) is 6.54 Å². The first-order valence-electron chi connectivity index (χ1n) is 4.75. The van der Waals surface area contributed by atoms with Crippen molar-refractivity contribution >= 4 is 41.3 Å². The Kier molecular flexibility index (Phi) is 7.76. The van der Waals surface area contributed by atoms with Gasteiger partial charge in [0, 0.05) is 18.5 Å². The first kappa shape index (κ1) is 14.7. The van der Waals surface area contributed by atoms with Crippen LogP contribution in [0, 0.1) is 6.92 Å². The molecule has 0 aliphatic rings. The number of hydrogen-bond acceptors (Lipinski definition) is 2. The van der Waals surface area contributed by atoms with Crippen LogP contribution in [0.25, 0.3) is 0 Å². The summed E-state index contributed by atoms with van der Waals surface area (Å²) in [5, 5.41) is 8.53. The Morgan fingerprint density at radius 2 is 2.20 bits per heavy atom. The van der Waals surface area contributed by atoms with E-state index in [2.05, 4.69) is 40.9 Å². The monoisotopic (exact) mass is 339 g/mol. The maximum atomic E-state index is 4.11. The lowest BCUT2D eigenvalue weighted by molar-refractivity contribution is 0.835. The van der Waals surface area contributed by atoms with Crippen molar-refractivity contribution in [3.8, 4) is 0 Å². The number of rotatable bonds is 3. The maximum absolute atomic E-state index is 4.11. The Bertz CT molecular complexity index is 309. The zero-order valence-electron chi connectivity index (χ0n) is 9.33. The maximum Gasteiger partial charge on any atom is 0.191 e. The van der Waals surface area contributed by atoms with Gasteiger partial charge in [-0.15, -0.1) is 35.3 Å². The molecule has 1 aromatic heterocycles. The van der Waals surface area contributed by atoms with E-state index < -0.39 is 0 Å². The zero-order chi connectivity index (χ0) is 10.4. The molecule has 0 saturated heterocycles. The summed E-state index contributed by atoms with van der Waals surface area (Å²) in [6, 6.07) is 2.14. The van der Waals surface area contributed by atoms with Gasteiger partial charge in [0.2, 0.25) is 0 Å². The van der Waals surface area contributed by atoms with Gasteiger partial charge in [0.1, 0.15) is 0 Å². The van der Waals surface area contributed by atoms with Crippen LogP contribution in [-0.4, -0.2) is 19.6 Å². The lowest BCUT2D eigenvalue weighted by Gasteiger charge is -2.09. The van der Waals surface area contributed by atoms with Crippen LogP contribution in [0.15, 0.2) is 16.4 Å². The molecule has 0 aliphatic carbocycles.